The van der Waals surface area contributed by atoms with Gasteiger partial charge in [0.1, 0.15) is 6.10 Å². The van der Waals surface area contributed by atoms with Crippen LogP contribution in [0.15, 0.2) is 24.3 Å². The zero-order chi connectivity index (χ0) is 9.69. The Hall–Kier alpha value is -0.560. The van der Waals surface area contributed by atoms with Gasteiger partial charge in [0, 0.05) is 0 Å². The van der Waals surface area contributed by atoms with Gasteiger partial charge in [0.25, 0.3) is 0 Å². The van der Waals surface area contributed by atoms with Gasteiger partial charge in [-0.1, -0.05) is 32.6 Å². The van der Waals surface area contributed by atoms with Crippen LogP contribution in [0, 0.1) is 5.41 Å². The lowest BCUT2D eigenvalue weighted by atomic mass is 9.70. The Morgan fingerprint density at radius 1 is 1.46 bits per heavy atom. The van der Waals surface area contributed by atoms with E-state index in [1.54, 1.807) is 0 Å². The lowest BCUT2D eigenvalue weighted by molar-refractivity contribution is 0.219. The van der Waals surface area contributed by atoms with Gasteiger partial charge in [-0.05, 0) is 30.8 Å². The van der Waals surface area contributed by atoms with E-state index in [-0.39, 0.29) is 5.60 Å². The van der Waals surface area contributed by atoms with Crippen molar-refractivity contribution in [2.75, 3.05) is 0 Å². The molecular weight excluding hydrogens is 160 g/mol. The number of ether oxygens (including phenoxy) is 1. The summed E-state index contributed by atoms with van der Waals surface area (Å²) < 4.78 is 5.75. The van der Waals surface area contributed by atoms with Crippen molar-refractivity contribution < 1.29 is 4.74 Å². The van der Waals surface area contributed by atoms with Crippen LogP contribution in [0.25, 0.3) is 0 Å². The third-order valence-corrected chi connectivity index (χ3v) is 3.07. The molecular formula is C12H18O. The maximum atomic E-state index is 5.75. The molecule has 0 radical (unpaired) electrons. The SMILES string of the molecule is C=C/C=C1/CC(C)(C)CC2(C)OC12. The van der Waals surface area contributed by atoms with E-state index in [1.807, 2.05) is 6.08 Å². The lowest BCUT2D eigenvalue weighted by Crippen LogP contribution is -2.29. The smallest absolute Gasteiger partial charge is 0.108 e. The molecule has 1 saturated heterocycles. The average molecular weight is 178 g/mol. The minimum absolute atomic E-state index is 0.136. The summed E-state index contributed by atoms with van der Waals surface area (Å²) >= 11 is 0. The van der Waals surface area contributed by atoms with Crippen LogP contribution in [0.4, 0.5) is 0 Å². The zero-order valence-corrected chi connectivity index (χ0v) is 8.76. The van der Waals surface area contributed by atoms with Crippen LogP contribution < -0.4 is 0 Å². The molecule has 2 aliphatic rings. The predicted octanol–water partition coefficient (Wildman–Crippen LogP) is 3.08. The average Bonchev–Trinajstić information content (AvgIpc) is 2.58. The molecule has 0 spiro atoms. The molecule has 0 amide bonds. The summed E-state index contributed by atoms with van der Waals surface area (Å²) in [5.41, 5.74) is 1.95. The molecule has 1 heterocycles. The summed E-state index contributed by atoms with van der Waals surface area (Å²) in [6, 6.07) is 0. The van der Waals surface area contributed by atoms with Crippen molar-refractivity contribution in [3.05, 3.63) is 24.3 Å². The van der Waals surface area contributed by atoms with Gasteiger partial charge in [-0.25, -0.2) is 0 Å². The monoisotopic (exact) mass is 178 g/mol. The van der Waals surface area contributed by atoms with E-state index < -0.39 is 0 Å². The second kappa shape index (κ2) is 2.48. The molecule has 2 fully saturated rings. The lowest BCUT2D eigenvalue weighted by Gasteiger charge is -2.32. The highest BCUT2D eigenvalue weighted by atomic mass is 16.6. The van der Waals surface area contributed by atoms with E-state index in [0.29, 0.717) is 11.5 Å². The van der Waals surface area contributed by atoms with E-state index in [0.717, 1.165) is 6.42 Å². The van der Waals surface area contributed by atoms with Crippen molar-refractivity contribution in [1.82, 2.24) is 0 Å². The molecule has 2 atom stereocenters. The molecule has 2 unspecified atom stereocenters. The topological polar surface area (TPSA) is 12.5 Å². The van der Waals surface area contributed by atoms with Crippen molar-refractivity contribution in [2.45, 2.75) is 45.3 Å². The largest absolute Gasteiger partial charge is 0.362 e. The summed E-state index contributed by atoms with van der Waals surface area (Å²) in [5, 5.41) is 0. The minimum atomic E-state index is 0.136. The van der Waals surface area contributed by atoms with Gasteiger partial charge in [-0.2, -0.15) is 0 Å². The quantitative estimate of drug-likeness (QED) is 0.562. The van der Waals surface area contributed by atoms with Crippen LogP contribution in [-0.4, -0.2) is 11.7 Å². The van der Waals surface area contributed by atoms with Crippen LogP contribution in [0.3, 0.4) is 0 Å². The zero-order valence-electron chi connectivity index (χ0n) is 8.76. The Labute approximate surface area is 80.5 Å². The fourth-order valence-corrected chi connectivity index (χ4v) is 2.79. The maximum Gasteiger partial charge on any atom is 0.108 e. The molecule has 1 nitrogen and oxygen atoms in total. The first-order chi connectivity index (χ1) is 5.97. The highest BCUT2D eigenvalue weighted by molar-refractivity contribution is 5.30. The Morgan fingerprint density at radius 3 is 2.77 bits per heavy atom. The molecule has 0 N–H and O–H groups in total. The second-order valence-corrected chi connectivity index (χ2v) is 5.31. The Kier molecular flexibility index (Phi) is 1.72. The Bertz CT molecular complexity index is 272. The second-order valence-electron chi connectivity index (χ2n) is 5.31. The molecule has 72 valence electrons. The molecule has 1 heteroatoms. The fraction of sp³-hybridized carbons (Fsp3) is 0.667. The van der Waals surface area contributed by atoms with E-state index >= 15 is 0 Å². The summed E-state index contributed by atoms with van der Waals surface area (Å²) in [5.74, 6) is 0. The normalized spacial score (nSPS) is 44.2. The number of epoxide rings is 1. The molecule has 0 aromatic carbocycles. The number of rotatable bonds is 1. The van der Waals surface area contributed by atoms with Crippen molar-refractivity contribution in [2.24, 2.45) is 5.41 Å². The summed E-state index contributed by atoms with van der Waals surface area (Å²) in [7, 11) is 0. The third kappa shape index (κ3) is 1.46. The molecule has 1 saturated carbocycles. The van der Waals surface area contributed by atoms with Crippen molar-refractivity contribution >= 4 is 0 Å². The van der Waals surface area contributed by atoms with E-state index in [1.165, 1.54) is 12.0 Å². The van der Waals surface area contributed by atoms with Gasteiger partial charge in [0.2, 0.25) is 0 Å². The first-order valence-corrected chi connectivity index (χ1v) is 4.96. The number of fused-ring (bicyclic) bond motifs is 1. The Balaban J connectivity index is 2.24. The molecule has 0 aromatic heterocycles. The standard InChI is InChI=1S/C12H18O/c1-5-6-9-7-11(2,3)8-12(4)10(9)13-12/h5-6,10H,1,7-8H2,2-4H3/b9-6-. The van der Waals surface area contributed by atoms with Crippen LogP contribution in [0.5, 0.6) is 0 Å². The fourth-order valence-electron chi connectivity index (χ4n) is 2.79. The number of hydrogen-bond donors (Lipinski definition) is 0. The first-order valence-electron chi connectivity index (χ1n) is 4.96. The first kappa shape index (κ1) is 9.01. The van der Waals surface area contributed by atoms with Crippen molar-refractivity contribution in [3.8, 4) is 0 Å². The van der Waals surface area contributed by atoms with Crippen LogP contribution in [-0.2, 0) is 4.74 Å². The van der Waals surface area contributed by atoms with Crippen LogP contribution in [0.2, 0.25) is 0 Å². The van der Waals surface area contributed by atoms with E-state index in [2.05, 4.69) is 33.4 Å². The van der Waals surface area contributed by atoms with Gasteiger partial charge >= 0.3 is 0 Å². The minimum Gasteiger partial charge on any atom is -0.362 e. The highest BCUT2D eigenvalue weighted by Crippen LogP contribution is 2.56. The molecule has 2 rings (SSSR count). The molecule has 1 aliphatic heterocycles. The predicted molar refractivity (Wildman–Crippen MR) is 54.6 cm³/mol. The highest BCUT2D eigenvalue weighted by Gasteiger charge is 2.59. The van der Waals surface area contributed by atoms with Crippen LogP contribution >= 0.6 is 0 Å². The van der Waals surface area contributed by atoms with Gasteiger partial charge < -0.3 is 4.74 Å². The number of hydrogen-bond acceptors (Lipinski definition) is 1. The summed E-state index contributed by atoms with van der Waals surface area (Å²) in [6.07, 6.45) is 6.71. The molecule has 1 aliphatic carbocycles. The van der Waals surface area contributed by atoms with Gasteiger partial charge in [-0.15, -0.1) is 0 Å². The summed E-state index contributed by atoms with van der Waals surface area (Å²) in [4.78, 5) is 0. The molecule has 13 heavy (non-hydrogen) atoms. The summed E-state index contributed by atoms with van der Waals surface area (Å²) in [6.45, 7) is 10.6. The number of allylic oxidation sites excluding steroid dienone is 2. The Morgan fingerprint density at radius 2 is 2.15 bits per heavy atom. The molecule has 0 aromatic rings. The molecule has 0 bridgehead atoms. The van der Waals surface area contributed by atoms with Crippen molar-refractivity contribution in [1.29, 1.82) is 0 Å². The van der Waals surface area contributed by atoms with Gasteiger partial charge in [-0.3, -0.25) is 0 Å². The van der Waals surface area contributed by atoms with Crippen molar-refractivity contribution in [3.63, 3.8) is 0 Å². The van der Waals surface area contributed by atoms with E-state index in [9.17, 15) is 0 Å². The van der Waals surface area contributed by atoms with Gasteiger partial charge in [0.05, 0.1) is 5.60 Å². The third-order valence-electron chi connectivity index (χ3n) is 3.07. The van der Waals surface area contributed by atoms with Gasteiger partial charge in [0.15, 0.2) is 0 Å². The van der Waals surface area contributed by atoms with E-state index in [4.69, 9.17) is 4.74 Å². The maximum absolute atomic E-state index is 5.75. The van der Waals surface area contributed by atoms with Crippen LogP contribution in [0.1, 0.15) is 33.6 Å².